The second-order valence-electron chi connectivity index (χ2n) is 5.29. The summed E-state index contributed by atoms with van der Waals surface area (Å²) in [5, 5.41) is 13.5. The van der Waals surface area contributed by atoms with Crippen LogP contribution >= 0.6 is 0 Å². The Morgan fingerprint density at radius 3 is 2.41 bits per heavy atom. The zero-order valence-electron chi connectivity index (χ0n) is 13.1. The highest BCUT2D eigenvalue weighted by molar-refractivity contribution is 5.94. The van der Waals surface area contributed by atoms with Crippen molar-refractivity contribution in [1.29, 1.82) is 0 Å². The number of likely N-dealkylation sites (N-methyl/N-ethyl adjacent to an activating group) is 2. The normalized spacial score (nSPS) is 10.4. The molecule has 22 heavy (non-hydrogen) atoms. The van der Waals surface area contributed by atoms with Crippen molar-refractivity contribution in [1.82, 2.24) is 9.80 Å². The lowest BCUT2D eigenvalue weighted by Crippen LogP contribution is -2.38. The first-order valence-corrected chi connectivity index (χ1v) is 6.64. The van der Waals surface area contributed by atoms with Crippen molar-refractivity contribution >= 4 is 23.2 Å². The van der Waals surface area contributed by atoms with E-state index in [0.717, 1.165) is 5.56 Å². The fraction of sp³-hybridized carbons (Fsp3) is 0.429. The van der Waals surface area contributed by atoms with E-state index in [-0.39, 0.29) is 30.4 Å². The monoisotopic (exact) mass is 308 g/mol. The van der Waals surface area contributed by atoms with Crippen molar-refractivity contribution in [2.75, 3.05) is 39.5 Å². The third-order valence-corrected chi connectivity index (χ3v) is 2.94. The van der Waals surface area contributed by atoms with Crippen LogP contribution in [-0.2, 0) is 9.59 Å². The van der Waals surface area contributed by atoms with Gasteiger partial charge in [-0.3, -0.25) is 24.6 Å². The molecule has 0 fully saturated rings. The standard InChI is InChI=1S/C14H20N4O4/c1-10-5-6-11(12(7-10)18(21)22)15-13(19)8-17(4)9-14(20)16(2)3/h5-7H,8-9H2,1-4H3,(H,15,19). The molecule has 1 N–H and O–H groups in total. The molecular weight excluding hydrogens is 288 g/mol. The van der Waals surface area contributed by atoms with Crippen molar-refractivity contribution in [3.63, 3.8) is 0 Å². The van der Waals surface area contributed by atoms with Crippen LogP contribution < -0.4 is 5.32 Å². The molecule has 0 unspecified atom stereocenters. The Morgan fingerprint density at radius 2 is 1.86 bits per heavy atom. The van der Waals surface area contributed by atoms with Crippen LogP contribution in [0.3, 0.4) is 0 Å². The quantitative estimate of drug-likeness (QED) is 0.621. The molecule has 1 rings (SSSR count). The Kier molecular flexibility index (Phi) is 6.00. The summed E-state index contributed by atoms with van der Waals surface area (Å²) in [5.74, 6) is -0.544. The van der Waals surface area contributed by atoms with Gasteiger partial charge in [-0.15, -0.1) is 0 Å². The minimum Gasteiger partial charge on any atom is -0.348 e. The number of nitrogens with zero attached hydrogens (tertiary/aromatic N) is 3. The molecule has 0 heterocycles. The lowest BCUT2D eigenvalue weighted by atomic mass is 10.2. The van der Waals surface area contributed by atoms with Gasteiger partial charge in [0.25, 0.3) is 5.69 Å². The zero-order valence-corrected chi connectivity index (χ0v) is 13.1. The average Bonchev–Trinajstić information content (AvgIpc) is 2.39. The summed E-state index contributed by atoms with van der Waals surface area (Å²) in [7, 11) is 4.89. The van der Waals surface area contributed by atoms with E-state index in [1.807, 2.05) is 0 Å². The number of nitrogens with one attached hydrogen (secondary N) is 1. The first-order chi connectivity index (χ1) is 10.2. The van der Waals surface area contributed by atoms with E-state index in [4.69, 9.17) is 0 Å². The number of nitro groups is 1. The van der Waals surface area contributed by atoms with Crippen LogP contribution in [0.5, 0.6) is 0 Å². The zero-order chi connectivity index (χ0) is 16.9. The summed E-state index contributed by atoms with van der Waals surface area (Å²) in [6.45, 7) is 1.79. The molecule has 2 amide bonds. The molecule has 0 atom stereocenters. The SMILES string of the molecule is Cc1ccc(NC(=O)CN(C)CC(=O)N(C)C)c([N+](=O)[O-])c1. The van der Waals surface area contributed by atoms with Crippen LogP contribution in [0.1, 0.15) is 5.56 Å². The maximum atomic E-state index is 11.9. The molecule has 0 bridgehead atoms. The van der Waals surface area contributed by atoms with Gasteiger partial charge in [0.1, 0.15) is 5.69 Å². The van der Waals surface area contributed by atoms with Gasteiger partial charge in [-0.25, -0.2) is 0 Å². The maximum Gasteiger partial charge on any atom is 0.293 e. The van der Waals surface area contributed by atoms with E-state index >= 15 is 0 Å². The van der Waals surface area contributed by atoms with Gasteiger partial charge in [-0.1, -0.05) is 6.07 Å². The fourth-order valence-electron chi connectivity index (χ4n) is 1.76. The van der Waals surface area contributed by atoms with Crippen LogP contribution in [0.15, 0.2) is 18.2 Å². The molecule has 8 heteroatoms. The van der Waals surface area contributed by atoms with Crippen LogP contribution in [0.2, 0.25) is 0 Å². The number of amides is 2. The number of rotatable bonds is 6. The first-order valence-electron chi connectivity index (χ1n) is 6.64. The molecule has 0 saturated carbocycles. The van der Waals surface area contributed by atoms with E-state index < -0.39 is 10.8 Å². The minimum atomic E-state index is -0.540. The highest BCUT2D eigenvalue weighted by Gasteiger charge is 2.17. The second-order valence-corrected chi connectivity index (χ2v) is 5.29. The number of anilines is 1. The van der Waals surface area contributed by atoms with Gasteiger partial charge in [0.05, 0.1) is 18.0 Å². The molecule has 8 nitrogen and oxygen atoms in total. The maximum absolute atomic E-state index is 11.9. The van der Waals surface area contributed by atoms with Gasteiger partial charge < -0.3 is 10.2 Å². The molecule has 1 aromatic rings. The van der Waals surface area contributed by atoms with Crippen molar-refractivity contribution in [3.8, 4) is 0 Å². The predicted molar refractivity (Wildman–Crippen MR) is 82.7 cm³/mol. The van der Waals surface area contributed by atoms with Crippen LogP contribution in [-0.4, -0.2) is 60.8 Å². The lowest BCUT2D eigenvalue weighted by Gasteiger charge is -2.18. The summed E-state index contributed by atoms with van der Waals surface area (Å²) >= 11 is 0. The molecule has 0 saturated heterocycles. The molecule has 1 aromatic carbocycles. The Bertz CT molecular complexity index is 586. The summed E-state index contributed by atoms with van der Waals surface area (Å²) < 4.78 is 0. The summed E-state index contributed by atoms with van der Waals surface area (Å²) in [4.78, 5) is 36.9. The van der Waals surface area contributed by atoms with Crippen LogP contribution in [0.25, 0.3) is 0 Å². The Balaban J connectivity index is 2.70. The van der Waals surface area contributed by atoms with Crippen molar-refractivity contribution in [2.24, 2.45) is 0 Å². The number of hydrogen-bond donors (Lipinski definition) is 1. The number of benzene rings is 1. The van der Waals surface area contributed by atoms with Crippen molar-refractivity contribution in [2.45, 2.75) is 6.92 Å². The van der Waals surface area contributed by atoms with Crippen LogP contribution in [0.4, 0.5) is 11.4 Å². The third kappa shape index (κ3) is 5.13. The topological polar surface area (TPSA) is 95.8 Å². The lowest BCUT2D eigenvalue weighted by molar-refractivity contribution is -0.384. The van der Waals surface area contributed by atoms with Crippen molar-refractivity contribution in [3.05, 3.63) is 33.9 Å². The highest BCUT2D eigenvalue weighted by Crippen LogP contribution is 2.25. The van der Waals surface area contributed by atoms with Gasteiger partial charge in [0, 0.05) is 20.2 Å². The van der Waals surface area contributed by atoms with E-state index in [0.29, 0.717) is 0 Å². The van der Waals surface area contributed by atoms with E-state index in [1.165, 1.54) is 21.9 Å². The van der Waals surface area contributed by atoms with Gasteiger partial charge >= 0.3 is 0 Å². The Hall–Kier alpha value is -2.48. The smallest absolute Gasteiger partial charge is 0.293 e. The number of nitro benzene ring substituents is 1. The summed E-state index contributed by atoms with van der Waals surface area (Å²) in [5.41, 5.74) is 0.728. The molecule has 0 aromatic heterocycles. The Labute approximate surface area is 128 Å². The second kappa shape index (κ2) is 7.51. The highest BCUT2D eigenvalue weighted by atomic mass is 16.6. The molecule has 0 aliphatic rings. The third-order valence-electron chi connectivity index (χ3n) is 2.94. The predicted octanol–water partition coefficient (Wildman–Crippen LogP) is 0.862. The average molecular weight is 308 g/mol. The van der Waals surface area contributed by atoms with E-state index in [1.54, 1.807) is 34.1 Å². The fourth-order valence-corrected chi connectivity index (χ4v) is 1.76. The molecule has 0 spiro atoms. The summed E-state index contributed by atoms with van der Waals surface area (Å²) in [6.07, 6.45) is 0. The van der Waals surface area contributed by atoms with Gasteiger partial charge in [0.15, 0.2) is 0 Å². The van der Waals surface area contributed by atoms with Gasteiger partial charge in [-0.05, 0) is 25.6 Å². The molecular formula is C14H20N4O4. The van der Waals surface area contributed by atoms with Crippen molar-refractivity contribution < 1.29 is 14.5 Å². The van der Waals surface area contributed by atoms with Crippen LogP contribution in [0, 0.1) is 17.0 Å². The molecule has 0 aliphatic carbocycles. The number of aryl methyl sites for hydroxylation is 1. The molecule has 0 aliphatic heterocycles. The minimum absolute atomic E-state index is 0.0371. The number of carbonyl (C=O) groups excluding carboxylic acids is 2. The van der Waals surface area contributed by atoms with E-state index in [9.17, 15) is 19.7 Å². The largest absolute Gasteiger partial charge is 0.348 e. The number of hydrogen-bond acceptors (Lipinski definition) is 5. The summed E-state index contributed by atoms with van der Waals surface area (Å²) in [6, 6.07) is 4.58. The van der Waals surface area contributed by atoms with Gasteiger partial charge in [-0.2, -0.15) is 0 Å². The molecule has 0 radical (unpaired) electrons. The number of carbonyl (C=O) groups is 2. The van der Waals surface area contributed by atoms with Gasteiger partial charge in [0.2, 0.25) is 11.8 Å². The van der Waals surface area contributed by atoms with E-state index in [2.05, 4.69) is 5.32 Å². The first kappa shape index (κ1) is 17.6. The molecule has 120 valence electrons. The Morgan fingerprint density at radius 1 is 1.23 bits per heavy atom.